The zero-order chi connectivity index (χ0) is 21.0. The summed E-state index contributed by atoms with van der Waals surface area (Å²) in [5.74, 6) is 0. The summed E-state index contributed by atoms with van der Waals surface area (Å²) >= 11 is 1.63. The SMILES string of the molecule is CN1CCN(Cc2nc(C3(O)CCN(C(=O)NCc4ccccc4)CC3)cs2)CC1. The van der Waals surface area contributed by atoms with Gasteiger partial charge in [0.1, 0.15) is 10.6 Å². The second kappa shape index (κ2) is 9.43. The van der Waals surface area contributed by atoms with Gasteiger partial charge in [-0.05, 0) is 25.5 Å². The number of rotatable bonds is 5. The number of likely N-dealkylation sites (N-methyl/N-ethyl adjacent to an activating group) is 1. The molecular formula is C22H31N5O2S. The van der Waals surface area contributed by atoms with Crippen LogP contribution in [0.5, 0.6) is 0 Å². The Morgan fingerprint density at radius 1 is 1.13 bits per heavy atom. The van der Waals surface area contributed by atoms with E-state index in [2.05, 4.69) is 22.2 Å². The van der Waals surface area contributed by atoms with Gasteiger partial charge in [-0.25, -0.2) is 9.78 Å². The van der Waals surface area contributed by atoms with Gasteiger partial charge in [0.2, 0.25) is 0 Å². The van der Waals surface area contributed by atoms with E-state index in [0.29, 0.717) is 32.5 Å². The van der Waals surface area contributed by atoms with Crippen LogP contribution < -0.4 is 5.32 Å². The third-order valence-electron chi connectivity index (χ3n) is 6.15. The molecule has 162 valence electrons. The van der Waals surface area contributed by atoms with Crippen molar-refractivity contribution in [2.24, 2.45) is 0 Å². The van der Waals surface area contributed by atoms with E-state index in [9.17, 15) is 9.90 Å². The van der Waals surface area contributed by atoms with Crippen LogP contribution in [-0.4, -0.2) is 77.1 Å². The van der Waals surface area contributed by atoms with Crippen LogP contribution in [0, 0.1) is 0 Å². The number of hydrogen-bond donors (Lipinski definition) is 2. The summed E-state index contributed by atoms with van der Waals surface area (Å²) in [7, 11) is 2.16. The summed E-state index contributed by atoms with van der Waals surface area (Å²) in [6.45, 7) is 6.72. The molecule has 2 aliphatic rings. The molecule has 2 saturated heterocycles. The number of urea groups is 1. The summed E-state index contributed by atoms with van der Waals surface area (Å²) in [6, 6.07) is 9.82. The molecular weight excluding hydrogens is 398 g/mol. The second-order valence-electron chi connectivity index (χ2n) is 8.37. The lowest BCUT2D eigenvalue weighted by molar-refractivity contribution is -0.0200. The van der Waals surface area contributed by atoms with Crippen molar-refractivity contribution >= 4 is 17.4 Å². The first kappa shape index (κ1) is 21.2. The van der Waals surface area contributed by atoms with E-state index in [0.717, 1.165) is 49.0 Å². The molecule has 3 heterocycles. The molecule has 0 spiro atoms. The largest absolute Gasteiger partial charge is 0.383 e. The third kappa shape index (κ3) is 5.18. The average molecular weight is 430 g/mol. The Kier molecular flexibility index (Phi) is 6.67. The molecule has 1 aromatic carbocycles. The van der Waals surface area contributed by atoms with Crippen molar-refractivity contribution in [3.63, 3.8) is 0 Å². The van der Waals surface area contributed by atoms with Crippen molar-refractivity contribution in [3.05, 3.63) is 52.0 Å². The van der Waals surface area contributed by atoms with Gasteiger partial charge in [0.15, 0.2) is 0 Å². The van der Waals surface area contributed by atoms with Crippen LogP contribution in [0.25, 0.3) is 0 Å². The van der Waals surface area contributed by atoms with Gasteiger partial charge in [0.05, 0.1) is 12.2 Å². The Bertz CT molecular complexity index is 827. The van der Waals surface area contributed by atoms with Crippen LogP contribution in [0.3, 0.4) is 0 Å². The molecule has 0 aliphatic carbocycles. The number of likely N-dealkylation sites (tertiary alicyclic amines) is 1. The van der Waals surface area contributed by atoms with Gasteiger partial charge in [0.25, 0.3) is 0 Å². The Balaban J connectivity index is 1.27. The normalized spacial score (nSPS) is 20.3. The fraction of sp³-hybridized carbons (Fsp3) is 0.545. The summed E-state index contributed by atoms with van der Waals surface area (Å²) in [5, 5.41) is 17.2. The molecule has 2 aliphatic heterocycles. The predicted octanol–water partition coefficient (Wildman–Crippen LogP) is 2.08. The lowest BCUT2D eigenvalue weighted by Gasteiger charge is -2.37. The fourth-order valence-corrected chi connectivity index (χ4v) is 4.94. The molecule has 0 saturated carbocycles. The number of benzene rings is 1. The maximum Gasteiger partial charge on any atom is 0.317 e. The maximum atomic E-state index is 12.5. The highest BCUT2D eigenvalue weighted by molar-refractivity contribution is 7.09. The number of carbonyl (C=O) groups excluding carboxylic acids is 1. The van der Waals surface area contributed by atoms with Crippen molar-refractivity contribution in [3.8, 4) is 0 Å². The van der Waals surface area contributed by atoms with Gasteiger partial charge in [0, 0.05) is 51.2 Å². The van der Waals surface area contributed by atoms with Crippen molar-refractivity contribution in [1.82, 2.24) is 25.0 Å². The lowest BCUT2D eigenvalue weighted by atomic mass is 9.89. The van der Waals surface area contributed by atoms with Gasteiger partial charge in [-0.2, -0.15) is 0 Å². The Morgan fingerprint density at radius 2 is 1.83 bits per heavy atom. The zero-order valence-corrected chi connectivity index (χ0v) is 18.4. The van der Waals surface area contributed by atoms with E-state index in [-0.39, 0.29) is 6.03 Å². The molecule has 2 N–H and O–H groups in total. The molecule has 0 atom stereocenters. The first-order valence-corrected chi connectivity index (χ1v) is 11.5. The average Bonchev–Trinajstić information content (AvgIpc) is 3.24. The number of amides is 2. The Morgan fingerprint density at radius 3 is 2.53 bits per heavy atom. The Hall–Kier alpha value is -2.00. The molecule has 0 bridgehead atoms. The topological polar surface area (TPSA) is 71.9 Å². The van der Waals surface area contributed by atoms with Gasteiger partial charge in [-0.15, -0.1) is 11.3 Å². The van der Waals surface area contributed by atoms with Crippen molar-refractivity contribution in [2.75, 3.05) is 46.3 Å². The number of nitrogens with one attached hydrogen (secondary N) is 1. The molecule has 0 radical (unpaired) electrons. The zero-order valence-electron chi connectivity index (χ0n) is 17.6. The number of aromatic nitrogens is 1. The molecule has 2 amide bonds. The van der Waals surface area contributed by atoms with E-state index in [1.165, 1.54) is 0 Å². The number of hydrogen-bond acceptors (Lipinski definition) is 6. The van der Waals surface area contributed by atoms with Gasteiger partial charge >= 0.3 is 6.03 Å². The van der Waals surface area contributed by atoms with Crippen LogP contribution in [0.15, 0.2) is 35.7 Å². The lowest BCUT2D eigenvalue weighted by Crippen LogP contribution is -2.48. The number of thiazole rings is 1. The smallest absolute Gasteiger partial charge is 0.317 e. The number of piperidine rings is 1. The van der Waals surface area contributed by atoms with Crippen LogP contribution >= 0.6 is 11.3 Å². The number of nitrogens with zero attached hydrogens (tertiary/aromatic N) is 4. The van der Waals surface area contributed by atoms with E-state index in [1.807, 2.05) is 35.7 Å². The standard InChI is InChI=1S/C22H31N5O2S/c1-25-11-13-26(14-12-25)16-20-24-19(17-30-20)22(29)7-9-27(10-8-22)21(28)23-15-18-5-3-2-4-6-18/h2-6,17,29H,7-16H2,1H3,(H,23,28). The molecule has 4 rings (SSSR count). The quantitative estimate of drug-likeness (QED) is 0.762. The van der Waals surface area contributed by atoms with Crippen molar-refractivity contribution in [2.45, 2.75) is 31.5 Å². The summed E-state index contributed by atoms with van der Waals surface area (Å²) < 4.78 is 0. The van der Waals surface area contributed by atoms with Crippen molar-refractivity contribution < 1.29 is 9.90 Å². The minimum absolute atomic E-state index is 0.0741. The van der Waals surface area contributed by atoms with Crippen LogP contribution in [0.4, 0.5) is 4.79 Å². The van der Waals surface area contributed by atoms with E-state index in [1.54, 1.807) is 16.2 Å². The van der Waals surface area contributed by atoms with Gasteiger partial charge in [-0.3, -0.25) is 4.90 Å². The summed E-state index contributed by atoms with van der Waals surface area (Å²) in [6.07, 6.45) is 1.03. The van der Waals surface area contributed by atoms with Crippen LogP contribution in [0.1, 0.15) is 29.1 Å². The number of aliphatic hydroxyl groups is 1. The molecule has 2 aromatic rings. The van der Waals surface area contributed by atoms with E-state index >= 15 is 0 Å². The number of piperazine rings is 1. The first-order valence-electron chi connectivity index (χ1n) is 10.7. The Labute approximate surface area is 182 Å². The summed E-state index contributed by atoms with van der Waals surface area (Å²) in [4.78, 5) is 23.8. The third-order valence-corrected chi connectivity index (χ3v) is 6.98. The fourth-order valence-electron chi connectivity index (χ4n) is 4.02. The van der Waals surface area contributed by atoms with Crippen LogP contribution in [-0.2, 0) is 18.7 Å². The van der Waals surface area contributed by atoms with Gasteiger partial charge in [-0.1, -0.05) is 30.3 Å². The minimum atomic E-state index is -0.937. The first-order chi connectivity index (χ1) is 14.5. The maximum absolute atomic E-state index is 12.5. The second-order valence-corrected chi connectivity index (χ2v) is 9.31. The molecule has 7 nitrogen and oxygen atoms in total. The molecule has 2 fully saturated rings. The van der Waals surface area contributed by atoms with Crippen LogP contribution in [0.2, 0.25) is 0 Å². The molecule has 8 heteroatoms. The van der Waals surface area contributed by atoms with Crippen molar-refractivity contribution in [1.29, 1.82) is 0 Å². The van der Waals surface area contributed by atoms with E-state index < -0.39 is 5.60 Å². The highest BCUT2D eigenvalue weighted by Crippen LogP contribution is 2.33. The molecule has 30 heavy (non-hydrogen) atoms. The highest BCUT2D eigenvalue weighted by atomic mass is 32.1. The summed E-state index contributed by atoms with van der Waals surface area (Å²) in [5.41, 5.74) is 0.906. The monoisotopic (exact) mass is 429 g/mol. The highest BCUT2D eigenvalue weighted by Gasteiger charge is 2.37. The predicted molar refractivity (Wildman–Crippen MR) is 118 cm³/mol. The molecule has 1 aromatic heterocycles. The molecule has 0 unspecified atom stereocenters. The van der Waals surface area contributed by atoms with Gasteiger partial charge < -0.3 is 20.2 Å². The minimum Gasteiger partial charge on any atom is -0.383 e. The number of carbonyl (C=O) groups is 1. The van der Waals surface area contributed by atoms with E-state index in [4.69, 9.17) is 4.98 Å².